The molecule has 0 saturated carbocycles. The second kappa shape index (κ2) is 6.03. The molecule has 0 aliphatic rings. The van der Waals surface area contributed by atoms with Crippen LogP contribution in [0.1, 0.15) is 11.4 Å². The number of fused-ring (bicyclic) bond motifs is 1. The van der Waals surface area contributed by atoms with Crippen LogP contribution in [0.25, 0.3) is 11.0 Å². The summed E-state index contributed by atoms with van der Waals surface area (Å²) in [6, 6.07) is 1.17. The van der Waals surface area contributed by atoms with Gasteiger partial charge in [0.1, 0.15) is 18.1 Å². The van der Waals surface area contributed by atoms with Gasteiger partial charge in [0.05, 0.1) is 11.7 Å². The maximum atomic E-state index is 5.84. The summed E-state index contributed by atoms with van der Waals surface area (Å²) in [6.07, 6.45) is 3.59. The summed E-state index contributed by atoms with van der Waals surface area (Å²) in [7, 11) is -1.04. The molecule has 0 unspecified atom stereocenters. The lowest BCUT2D eigenvalue weighted by molar-refractivity contribution is 0.0884. The molecule has 0 fully saturated rings. The van der Waals surface area contributed by atoms with Gasteiger partial charge in [-0.1, -0.05) is 19.6 Å². The Morgan fingerprint density at radius 1 is 1.30 bits per heavy atom. The van der Waals surface area contributed by atoms with Crippen molar-refractivity contribution in [1.29, 1.82) is 0 Å². The maximum absolute atomic E-state index is 5.84. The zero-order valence-corrected chi connectivity index (χ0v) is 13.8. The fourth-order valence-corrected chi connectivity index (χ4v) is 2.87. The summed E-state index contributed by atoms with van der Waals surface area (Å²) in [6.45, 7) is 10.8. The number of imidazole rings is 1. The number of ether oxygens (including phenoxy) is 1. The van der Waals surface area contributed by atoms with Crippen LogP contribution in [0.15, 0.2) is 12.4 Å². The molecule has 0 aliphatic heterocycles. The number of hydrogen-bond donors (Lipinski definition) is 1. The van der Waals surface area contributed by atoms with Gasteiger partial charge in [-0.2, -0.15) is 0 Å². The molecule has 5 nitrogen and oxygen atoms in total. The Morgan fingerprint density at radius 2 is 2.05 bits per heavy atom. The predicted molar refractivity (Wildman–Crippen MR) is 84.3 cm³/mol. The summed E-state index contributed by atoms with van der Waals surface area (Å²) in [5, 5.41) is 0. The first-order valence-corrected chi connectivity index (χ1v) is 10.7. The predicted octanol–water partition coefficient (Wildman–Crippen LogP) is 2.51. The zero-order valence-electron chi connectivity index (χ0n) is 12.8. The number of aromatic nitrogens is 3. The average Bonchev–Trinajstić information content (AvgIpc) is 2.69. The Morgan fingerprint density at radius 3 is 2.70 bits per heavy atom. The molecule has 2 aromatic rings. The zero-order chi connectivity index (χ0) is 14.8. The molecule has 2 heterocycles. The molecule has 0 aliphatic carbocycles. The van der Waals surface area contributed by atoms with Crippen LogP contribution in [-0.2, 0) is 18.0 Å². The van der Waals surface area contributed by atoms with E-state index < -0.39 is 8.07 Å². The van der Waals surface area contributed by atoms with E-state index in [9.17, 15) is 0 Å². The van der Waals surface area contributed by atoms with Crippen molar-refractivity contribution in [2.24, 2.45) is 5.73 Å². The summed E-state index contributed by atoms with van der Waals surface area (Å²) >= 11 is 0. The van der Waals surface area contributed by atoms with E-state index in [-0.39, 0.29) is 0 Å². The summed E-state index contributed by atoms with van der Waals surface area (Å²) in [4.78, 5) is 8.70. The van der Waals surface area contributed by atoms with Crippen molar-refractivity contribution < 1.29 is 4.74 Å². The summed E-state index contributed by atoms with van der Waals surface area (Å²) in [5.74, 6) is 0.940. The molecule has 0 saturated heterocycles. The van der Waals surface area contributed by atoms with Gasteiger partial charge in [0.2, 0.25) is 0 Å². The van der Waals surface area contributed by atoms with E-state index in [1.165, 1.54) is 6.04 Å². The van der Waals surface area contributed by atoms with Crippen LogP contribution in [-0.4, -0.2) is 29.2 Å². The van der Waals surface area contributed by atoms with Crippen molar-refractivity contribution in [3.05, 3.63) is 23.8 Å². The Labute approximate surface area is 121 Å². The van der Waals surface area contributed by atoms with Crippen LogP contribution in [0.4, 0.5) is 0 Å². The lowest BCUT2D eigenvalue weighted by Gasteiger charge is -2.16. The van der Waals surface area contributed by atoms with Gasteiger partial charge < -0.3 is 15.0 Å². The normalized spacial score (nSPS) is 12.2. The van der Waals surface area contributed by atoms with Crippen molar-refractivity contribution in [2.45, 2.75) is 45.9 Å². The van der Waals surface area contributed by atoms with E-state index in [2.05, 4.69) is 34.2 Å². The fraction of sp³-hybridized carbons (Fsp3) is 0.571. The standard InChI is InChI=1S/C14H24N4OSi/c1-11-17-13-9-16-8-12(7-15)14(13)18(11)10-19-5-6-20(2,3)4/h8-9H,5-7,10,15H2,1-4H3. The van der Waals surface area contributed by atoms with E-state index in [0.29, 0.717) is 13.3 Å². The molecule has 0 amide bonds. The highest BCUT2D eigenvalue weighted by Gasteiger charge is 2.14. The van der Waals surface area contributed by atoms with Crippen molar-refractivity contribution in [3.63, 3.8) is 0 Å². The highest BCUT2D eigenvalue weighted by atomic mass is 28.3. The Bertz CT molecular complexity index is 589. The minimum Gasteiger partial charge on any atom is -0.361 e. The number of rotatable bonds is 6. The molecule has 0 spiro atoms. The maximum Gasteiger partial charge on any atom is 0.124 e. The molecule has 2 rings (SSSR count). The van der Waals surface area contributed by atoms with E-state index in [1.807, 2.05) is 13.1 Å². The topological polar surface area (TPSA) is 66.0 Å². The second-order valence-electron chi connectivity index (χ2n) is 6.31. The molecule has 2 N–H and O–H groups in total. The van der Waals surface area contributed by atoms with Crippen molar-refractivity contribution >= 4 is 19.1 Å². The van der Waals surface area contributed by atoms with Crippen LogP contribution < -0.4 is 5.73 Å². The molecule has 2 aromatic heterocycles. The van der Waals surface area contributed by atoms with E-state index in [0.717, 1.165) is 29.0 Å². The molecule has 110 valence electrons. The summed E-state index contributed by atoms with van der Waals surface area (Å²) in [5.41, 5.74) is 8.74. The molecule has 20 heavy (non-hydrogen) atoms. The van der Waals surface area contributed by atoms with Crippen LogP contribution >= 0.6 is 0 Å². The number of nitrogens with two attached hydrogens (primary N) is 1. The minimum atomic E-state index is -1.04. The van der Waals surface area contributed by atoms with E-state index in [1.54, 1.807) is 6.20 Å². The highest BCUT2D eigenvalue weighted by molar-refractivity contribution is 6.76. The highest BCUT2D eigenvalue weighted by Crippen LogP contribution is 2.19. The quantitative estimate of drug-likeness (QED) is 0.656. The first-order valence-electron chi connectivity index (χ1n) is 7.00. The molecule has 6 heteroatoms. The Balaban J connectivity index is 2.15. The van der Waals surface area contributed by atoms with Crippen molar-refractivity contribution in [3.8, 4) is 0 Å². The van der Waals surface area contributed by atoms with Gasteiger partial charge in [0.25, 0.3) is 0 Å². The second-order valence-corrected chi connectivity index (χ2v) is 11.9. The van der Waals surface area contributed by atoms with Crippen molar-refractivity contribution in [2.75, 3.05) is 6.61 Å². The van der Waals surface area contributed by atoms with Gasteiger partial charge in [-0.05, 0) is 13.0 Å². The van der Waals surface area contributed by atoms with Crippen LogP contribution in [0, 0.1) is 6.92 Å². The molecule has 0 bridgehead atoms. The van der Waals surface area contributed by atoms with Gasteiger partial charge in [-0.25, -0.2) is 4.98 Å². The lowest BCUT2D eigenvalue weighted by atomic mass is 10.2. The molecule has 0 radical (unpaired) electrons. The number of nitrogens with zero attached hydrogens (tertiary/aromatic N) is 3. The molecular formula is C14H24N4OSi. The van der Waals surface area contributed by atoms with Gasteiger partial charge >= 0.3 is 0 Å². The largest absolute Gasteiger partial charge is 0.361 e. The van der Waals surface area contributed by atoms with Crippen LogP contribution in [0.5, 0.6) is 0 Å². The number of hydrogen-bond acceptors (Lipinski definition) is 4. The molecule has 0 aromatic carbocycles. The number of pyridine rings is 1. The van der Waals surface area contributed by atoms with Gasteiger partial charge in [0, 0.05) is 33.0 Å². The molecular weight excluding hydrogens is 268 g/mol. The van der Waals surface area contributed by atoms with E-state index in [4.69, 9.17) is 10.5 Å². The lowest BCUT2D eigenvalue weighted by Crippen LogP contribution is -2.22. The van der Waals surface area contributed by atoms with Gasteiger partial charge in [-0.15, -0.1) is 0 Å². The number of aryl methyl sites for hydroxylation is 1. The third-order valence-electron chi connectivity index (χ3n) is 3.35. The Hall–Kier alpha value is -1.24. The minimum absolute atomic E-state index is 0.463. The van der Waals surface area contributed by atoms with Crippen molar-refractivity contribution in [1.82, 2.24) is 14.5 Å². The third kappa shape index (κ3) is 3.44. The monoisotopic (exact) mass is 292 g/mol. The van der Waals surface area contributed by atoms with Gasteiger partial charge in [0.15, 0.2) is 0 Å². The first kappa shape index (κ1) is 15.2. The third-order valence-corrected chi connectivity index (χ3v) is 5.06. The summed E-state index contributed by atoms with van der Waals surface area (Å²) < 4.78 is 7.93. The van der Waals surface area contributed by atoms with Gasteiger partial charge in [-0.3, -0.25) is 4.98 Å². The van der Waals surface area contributed by atoms with E-state index >= 15 is 0 Å². The SMILES string of the molecule is Cc1nc2cncc(CN)c2n1COCC[Si](C)(C)C. The Kier molecular flexibility index (Phi) is 4.57. The van der Waals surface area contributed by atoms with Crippen LogP contribution in [0.2, 0.25) is 25.7 Å². The van der Waals surface area contributed by atoms with Crippen LogP contribution in [0.3, 0.4) is 0 Å². The average molecular weight is 292 g/mol. The molecule has 0 atom stereocenters. The fourth-order valence-electron chi connectivity index (χ4n) is 2.12. The first-order chi connectivity index (χ1) is 9.42. The smallest absolute Gasteiger partial charge is 0.124 e.